The van der Waals surface area contributed by atoms with Crippen LogP contribution in [0.3, 0.4) is 0 Å². The highest BCUT2D eigenvalue weighted by molar-refractivity contribution is 6.00. The molecule has 0 fully saturated rings. The molecule has 3 aromatic carbocycles. The summed E-state index contributed by atoms with van der Waals surface area (Å²) in [6, 6.07) is 26.1. The van der Waals surface area contributed by atoms with E-state index in [0.29, 0.717) is 6.54 Å². The zero-order chi connectivity index (χ0) is 18.2. The molecule has 5 rings (SSSR count). The van der Waals surface area contributed by atoms with Crippen LogP contribution < -0.4 is 4.90 Å². The Kier molecular flexibility index (Phi) is 5.05. The highest BCUT2D eigenvalue weighted by atomic mass is 35.5. The van der Waals surface area contributed by atoms with Crippen molar-refractivity contribution in [1.82, 2.24) is 4.90 Å². The lowest BCUT2D eigenvalue weighted by atomic mass is 9.93. The molecule has 1 unspecified atom stereocenters. The van der Waals surface area contributed by atoms with E-state index in [4.69, 9.17) is 4.99 Å². The number of para-hydroxylation sites is 1. The van der Waals surface area contributed by atoms with Crippen molar-refractivity contribution < 1.29 is 4.39 Å². The Bertz CT molecular complexity index is 988. The Hall–Kier alpha value is -2.85. The summed E-state index contributed by atoms with van der Waals surface area (Å²) in [5, 5.41) is 0. The van der Waals surface area contributed by atoms with Gasteiger partial charge >= 0.3 is 0 Å². The molecule has 3 aromatic rings. The van der Waals surface area contributed by atoms with E-state index >= 15 is 0 Å². The SMILES string of the molecule is Cl.Fc1ccc(CN2C3=NCCN3C(c3ccccc3)c3ccccc32)cc1. The lowest BCUT2D eigenvalue weighted by Crippen LogP contribution is -2.48. The van der Waals surface area contributed by atoms with Gasteiger partial charge in [-0.2, -0.15) is 0 Å². The fourth-order valence-electron chi connectivity index (χ4n) is 4.10. The van der Waals surface area contributed by atoms with E-state index in [9.17, 15) is 4.39 Å². The second-order valence-corrected chi connectivity index (χ2v) is 6.96. The number of rotatable bonds is 3. The number of halogens is 2. The number of hydrogen-bond donors (Lipinski definition) is 0. The molecule has 2 aliphatic heterocycles. The number of fused-ring (bicyclic) bond motifs is 2. The standard InChI is InChI=1S/C23H20FN3.ClH/c24-19-12-10-17(11-13-19)16-27-21-9-5-4-8-20(21)22(18-6-2-1-3-7-18)26-15-14-25-23(26)27;/h1-13,22H,14-16H2;1H. The van der Waals surface area contributed by atoms with Gasteiger partial charge in [-0.25, -0.2) is 4.39 Å². The molecule has 5 heteroatoms. The molecule has 0 amide bonds. The summed E-state index contributed by atoms with van der Waals surface area (Å²) in [6.45, 7) is 2.38. The van der Waals surface area contributed by atoms with Crippen molar-refractivity contribution in [3.63, 3.8) is 0 Å². The molecular weight excluding hydrogens is 373 g/mol. The van der Waals surface area contributed by atoms with Gasteiger partial charge in [-0.05, 0) is 29.3 Å². The molecule has 0 saturated heterocycles. The zero-order valence-electron chi connectivity index (χ0n) is 15.3. The minimum atomic E-state index is -0.207. The van der Waals surface area contributed by atoms with Gasteiger partial charge in [-0.3, -0.25) is 4.99 Å². The van der Waals surface area contributed by atoms with Crippen LogP contribution in [0.5, 0.6) is 0 Å². The van der Waals surface area contributed by atoms with Crippen molar-refractivity contribution in [3.05, 3.63) is 101 Å². The van der Waals surface area contributed by atoms with Crippen LogP contribution in [-0.4, -0.2) is 23.9 Å². The maximum atomic E-state index is 13.3. The molecule has 0 N–H and O–H groups in total. The molecule has 142 valence electrons. The summed E-state index contributed by atoms with van der Waals surface area (Å²) in [6.07, 6.45) is 0. The Morgan fingerprint density at radius 1 is 0.893 bits per heavy atom. The van der Waals surface area contributed by atoms with Crippen molar-refractivity contribution in [2.75, 3.05) is 18.0 Å². The molecule has 0 saturated carbocycles. The Balaban J connectivity index is 0.00000192. The Morgan fingerprint density at radius 2 is 1.61 bits per heavy atom. The zero-order valence-corrected chi connectivity index (χ0v) is 16.1. The fourth-order valence-corrected chi connectivity index (χ4v) is 4.10. The van der Waals surface area contributed by atoms with Crippen LogP contribution in [0.15, 0.2) is 83.9 Å². The van der Waals surface area contributed by atoms with Gasteiger partial charge in [0.25, 0.3) is 0 Å². The summed E-state index contributed by atoms with van der Waals surface area (Å²) in [7, 11) is 0. The number of anilines is 1. The van der Waals surface area contributed by atoms with Crippen molar-refractivity contribution >= 4 is 24.1 Å². The molecular formula is C23H21ClFN3. The van der Waals surface area contributed by atoms with Gasteiger partial charge in [0.1, 0.15) is 5.82 Å². The molecule has 0 aromatic heterocycles. The summed E-state index contributed by atoms with van der Waals surface area (Å²) in [5.74, 6) is 0.800. The average molecular weight is 394 g/mol. The smallest absolute Gasteiger partial charge is 0.202 e. The first-order chi connectivity index (χ1) is 13.3. The van der Waals surface area contributed by atoms with Crippen LogP contribution in [0.1, 0.15) is 22.7 Å². The van der Waals surface area contributed by atoms with Gasteiger partial charge in [-0.1, -0.05) is 60.7 Å². The number of benzene rings is 3. The Morgan fingerprint density at radius 3 is 2.39 bits per heavy atom. The first-order valence-electron chi connectivity index (χ1n) is 9.28. The first-order valence-corrected chi connectivity index (χ1v) is 9.28. The largest absolute Gasteiger partial charge is 0.329 e. The lowest BCUT2D eigenvalue weighted by molar-refractivity contribution is 0.373. The number of nitrogens with zero attached hydrogens (tertiary/aromatic N) is 3. The normalized spacial score (nSPS) is 17.5. The predicted octanol–water partition coefficient (Wildman–Crippen LogP) is 5.03. The average Bonchev–Trinajstić information content (AvgIpc) is 3.19. The third kappa shape index (κ3) is 3.14. The Labute approximate surface area is 170 Å². The fraction of sp³-hybridized carbons (Fsp3) is 0.174. The van der Waals surface area contributed by atoms with E-state index in [1.165, 1.54) is 28.9 Å². The number of aliphatic imine (C=N–C) groups is 1. The van der Waals surface area contributed by atoms with Gasteiger partial charge in [0.15, 0.2) is 0 Å². The molecule has 0 spiro atoms. The summed E-state index contributed by atoms with van der Waals surface area (Å²) >= 11 is 0. The summed E-state index contributed by atoms with van der Waals surface area (Å²) < 4.78 is 13.3. The highest BCUT2D eigenvalue weighted by Crippen LogP contribution is 2.42. The molecule has 28 heavy (non-hydrogen) atoms. The molecule has 1 atom stereocenters. The predicted molar refractivity (Wildman–Crippen MR) is 114 cm³/mol. The van der Waals surface area contributed by atoms with Gasteiger partial charge in [0.2, 0.25) is 5.96 Å². The molecule has 2 heterocycles. The second kappa shape index (κ2) is 7.64. The van der Waals surface area contributed by atoms with Gasteiger partial charge in [0.05, 0.1) is 19.1 Å². The van der Waals surface area contributed by atoms with Crippen molar-refractivity contribution in [1.29, 1.82) is 0 Å². The number of hydrogen-bond acceptors (Lipinski definition) is 3. The van der Waals surface area contributed by atoms with Crippen LogP contribution in [0, 0.1) is 5.82 Å². The van der Waals surface area contributed by atoms with Crippen LogP contribution in [-0.2, 0) is 6.54 Å². The summed E-state index contributed by atoms with van der Waals surface area (Å²) in [5.41, 5.74) is 4.80. The minimum absolute atomic E-state index is 0. The maximum Gasteiger partial charge on any atom is 0.202 e. The van der Waals surface area contributed by atoms with Crippen LogP contribution in [0.2, 0.25) is 0 Å². The van der Waals surface area contributed by atoms with E-state index in [1.54, 1.807) is 0 Å². The maximum absolute atomic E-state index is 13.3. The van der Waals surface area contributed by atoms with E-state index in [0.717, 1.165) is 24.6 Å². The summed E-state index contributed by atoms with van der Waals surface area (Å²) in [4.78, 5) is 9.47. The van der Waals surface area contributed by atoms with Gasteiger partial charge < -0.3 is 9.80 Å². The van der Waals surface area contributed by atoms with Crippen LogP contribution in [0.25, 0.3) is 0 Å². The van der Waals surface area contributed by atoms with E-state index in [-0.39, 0.29) is 24.3 Å². The third-order valence-corrected chi connectivity index (χ3v) is 5.30. The number of guanidine groups is 1. The highest BCUT2D eigenvalue weighted by Gasteiger charge is 2.38. The lowest BCUT2D eigenvalue weighted by Gasteiger charge is -2.43. The topological polar surface area (TPSA) is 18.8 Å². The van der Waals surface area contributed by atoms with Crippen LogP contribution >= 0.6 is 12.4 Å². The first kappa shape index (κ1) is 18.5. The monoisotopic (exact) mass is 393 g/mol. The van der Waals surface area contributed by atoms with Gasteiger partial charge in [0, 0.05) is 17.8 Å². The van der Waals surface area contributed by atoms with E-state index < -0.39 is 0 Å². The van der Waals surface area contributed by atoms with Crippen LogP contribution in [0.4, 0.5) is 10.1 Å². The quantitative estimate of drug-likeness (QED) is 0.621. The molecule has 0 aliphatic carbocycles. The molecule has 0 radical (unpaired) electrons. The van der Waals surface area contributed by atoms with E-state index in [2.05, 4.69) is 64.4 Å². The molecule has 3 nitrogen and oxygen atoms in total. The van der Waals surface area contributed by atoms with Crippen molar-refractivity contribution in [2.24, 2.45) is 4.99 Å². The third-order valence-electron chi connectivity index (χ3n) is 5.30. The minimum Gasteiger partial charge on any atom is -0.329 e. The molecule has 0 bridgehead atoms. The second-order valence-electron chi connectivity index (χ2n) is 6.96. The molecule has 2 aliphatic rings. The van der Waals surface area contributed by atoms with Crippen molar-refractivity contribution in [2.45, 2.75) is 12.6 Å². The van der Waals surface area contributed by atoms with E-state index in [1.807, 2.05) is 12.1 Å². The van der Waals surface area contributed by atoms with Gasteiger partial charge in [-0.15, -0.1) is 12.4 Å². The van der Waals surface area contributed by atoms with Crippen molar-refractivity contribution in [3.8, 4) is 0 Å².